The van der Waals surface area contributed by atoms with E-state index in [2.05, 4.69) is 25.1 Å². The van der Waals surface area contributed by atoms with E-state index in [1.54, 1.807) is 13.1 Å². The quantitative estimate of drug-likeness (QED) is 0.672. The smallest absolute Gasteiger partial charge is 0.311 e. The van der Waals surface area contributed by atoms with E-state index in [1.165, 1.54) is 6.07 Å². The van der Waals surface area contributed by atoms with Crippen LogP contribution in [-0.4, -0.2) is 24.7 Å². The van der Waals surface area contributed by atoms with Crippen molar-refractivity contribution >= 4 is 11.5 Å². The number of nitro groups is 1. The highest BCUT2D eigenvalue weighted by molar-refractivity contribution is 5.57. The molecule has 23 heavy (non-hydrogen) atoms. The van der Waals surface area contributed by atoms with Gasteiger partial charge in [0.15, 0.2) is 5.82 Å². The van der Waals surface area contributed by atoms with E-state index in [0.717, 1.165) is 36.6 Å². The molecule has 0 bridgehead atoms. The molecule has 2 aromatic rings. The zero-order valence-corrected chi connectivity index (χ0v) is 13.5. The minimum Gasteiger partial charge on any atom is -0.354 e. The van der Waals surface area contributed by atoms with E-state index in [9.17, 15) is 10.1 Å². The second-order valence-electron chi connectivity index (χ2n) is 6.23. The molecule has 3 heterocycles. The van der Waals surface area contributed by atoms with Crippen LogP contribution >= 0.6 is 0 Å². The van der Waals surface area contributed by atoms with Crippen LogP contribution in [0.1, 0.15) is 43.5 Å². The Hall–Kier alpha value is -2.51. The highest BCUT2D eigenvalue weighted by Crippen LogP contribution is 2.31. The maximum atomic E-state index is 11.3. The van der Waals surface area contributed by atoms with Gasteiger partial charge in [-0.05, 0) is 24.8 Å². The second-order valence-corrected chi connectivity index (χ2v) is 6.23. The number of aromatic nitrogens is 4. The molecule has 0 aliphatic carbocycles. The third kappa shape index (κ3) is 2.88. The highest BCUT2D eigenvalue weighted by atomic mass is 16.6. The molecule has 0 fully saturated rings. The van der Waals surface area contributed by atoms with Crippen molar-refractivity contribution in [3.8, 4) is 0 Å². The number of fused-ring (bicyclic) bond motifs is 1. The molecular weight excluding hydrogens is 296 g/mol. The number of nitrogens with one attached hydrogen (secondary N) is 1. The summed E-state index contributed by atoms with van der Waals surface area (Å²) in [4.78, 5) is 15.1. The maximum Gasteiger partial charge on any atom is 0.311 e. The Kier molecular flexibility index (Phi) is 3.97. The van der Waals surface area contributed by atoms with Crippen molar-refractivity contribution in [2.24, 2.45) is 5.92 Å². The normalized spacial score (nSPS) is 14.8. The fourth-order valence-corrected chi connectivity index (χ4v) is 2.88. The molecular formula is C15H20N6O2. The van der Waals surface area contributed by atoms with E-state index >= 15 is 0 Å². The first-order valence-electron chi connectivity index (χ1n) is 7.77. The Bertz CT molecular complexity index is 740. The fraction of sp³-hybridized carbons (Fsp3) is 0.533. The zero-order chi connectivity index (χ0) is 16.6. The summed E-state index contributed by atoms with van der Waals surface area (Å²) in [6.45, 7) is 6.78. The van der Waals surface area contributed by atoms with E-state index in [1.807, 2.05) is 13.8 Å². The number of anilines is 1. The van der Waals surface area contributed by atoms with Crippen LogP contribution in [0.25, 0.3) is 0 Å². The zero-order valence-electron chi connectivity index (χ0n) is 13.5. The van der Waals surface area contributed by atoms with Gasteiger partial charge in [0.2, 0.25) is 5.82 Å². The summed E-state index contributed by atoms with van der Waals surface area (Å²) >= 11 is 0. The minimum absolute atomic E-state index is 0.0168. The first-order chi connectivity index (χ1) is 11.0. The molecule has 2 aromatic heterocycles. The maximum absolute atomic E-state index is 11.3. The second kappa shape index (κ2) is 5.94. The lowest BCUT2D eigenvalue weighted by atomic mass is 10.0. The van der Waals surface area contributed by atoms with E-state index in [-0.39, 0.29) is 23.5 Å². The van der Waals surface area contributed by atoms with Gasteiger partial charge < -0.3 is 9.88 Å². The van der Waals surface area contributed by atoms with Crippen molar-refractivity contribution in [1.29, 1.82) is 0 Å². The van der Waals surface area contributed by atoms with E-state index in [0.29, 0.717) is 0 Å². The molecule has 122 valence electrons. The van der Waals surface area contributed by atoms with Crippen molar-refractivity contribution in [3.05, 3.63) is 39.6 Å². The van der Waals surface area contributed by atoms with Crippen LogP contribution in [-0.2, 0) is 13.0 Å². The standard InChI is InChI=1S/C15H20N6O2/c1-9(2)13(15-19-18-12-5-4-6-20(12)15)17-14-11(21(22)23)7-10(3)8-16-14/h7-9,13H,4-6H2,1-3H3,(H,16,17). The monoisotopic (exact) mass is 316 g/mol. The highest BCUT2D eigenvalue weighted by Gasteiger charge is 2.28. The van der Waals surface area contributed by atoms with Crippen LogP contribution in [0.5, 0.6) is 0 Å². The molecule has 8 heteroatoms. The molecule has 0 radical (unpaired) electrons. The van der Waals surface area contributed by atoms with Crippen molar-refractivity contribution in [1.82, 2.24) is 19.7 Å². The van der Waals surface area contributed by atoms with E-state index in [4.69, 9.17) is 0 Å². The van der Waals surface area contributed by atoms with Gasteiger partial charge in [0, 0.05) is 25.2 Å². The predicted molar refractivity (Wildman–Crippen MR) is 85.2 cm³/mol. The van der Waals surface area contributed by atoms with Gasteiger partial charge in [-0.2, -0.15) is 0 Å². The molecule has 0 aromatic carbocycles. The van der Waals surface area contributed by atoms with Crippen LogP contribution in [0.15, 0.2) is 12.3 Å². The molecule has 0 spiro atoms. The molecule has 1 aliphatic rings. The summed E-state index contributed by atoms with van der Waals surface area (Å²) < 4.78 is 2.11. The summed E-state index contributed by atoms with van der Waals surface area (Å²) in [5.74, 6) is 2.27. The van der Waals surface area contributed by atoms with Gasteiger partial charge in [0.25, 0.3) is 0 Å². The molecule has 1 unspecified atom stereocenters. The number of hydrogen-bond donors (Lipinski definition) is 1. The average Bonchev–Trinajstić information content (AvgIpc) is 3.09. The molecule has 0 amide bonds. The minimum atomic E-state index is -0.409. The van der Waals surface area contributed by atoms with Gasteiger partial charge in [0.1, 0.15) is 5.82 Å². The Morgan fingerprint density at radius 1 is 1.39 bits per heavy atom. The Labute approximate surface area is 134 Å². The number of nitrogens with zero attached hydrogens (tertiary/aromatic N) is 5. The van der Waals surface area contributed by atoms with Crippen molar-refractivity contribution < 1.29 is 4.92 Å². The number of hydrogen-bond acceptors (Lipinski definition) is 6. The van der Waals surface area contributed by atoms with Gasteiger partial charge in [-0.3, -0.25) is 10.1 Å². The van der Waals surface area contributed by atoms with Crippen molar-refractivity contribution in [2.45, 2.75) is 46.2 Å². The van der Waals surface area contributed by atoms with Crippen LogP contribution in [0, 0.1) is 23.0 Å². The summed E-state index contributed by atoms with van der Waals surface area (Å²) in [5.41, 5.74) is 0.739. The van der Waals surface area contributed by atoms with Gasteiger partial charge in [-0.25, -0.2) is 4.98 Å². The van der Waals surface area contributed by atoms with Crippen LogP contribution in [0.3, 0.4) is 0 Å². The summed E-state index contributed by atoms with van der Waals surface area (Å²) in [6.07, 6.45) is 3.62. The first-order valence-corrected chi connectivity index (χ1v) is 7.77. The third-order valence-corrected chi connectivity index (χ3v) is 4.08. The van der Waals surface area contributed by atoms with Gasteiger partial charge >= 0.3 is 5.69 Å². The lowest BCUT2D eigenvalue weighted by Crippen LogP contribution is -2.22. The number of pyridine rings is 1. The Balaban J connectivity index is 1.96. The number of rotatable bonds is 5. The van der Waals surface area contributed by atoms with E-state index < -0.39 is 4.92 Å². The lowest BCUT2D eigenvalue weighted by molar-refractivity contribution is -0.384. The SMILES string of the molecule is Cc1cnc(NC(c2nnc3n2CCC3)C(C)C)c([N+](=O)[O-])c1. The Morgan fingerprint density at radius 2 is 2.17 bits per heavy atom. The molecule has 1 N–H and O–H groups in total. The predicted octanol–water partition coefficient (Wildman–Crippen LogP) is 2.65. The third-order valence-electron chi connectivity index (χ3n) is 4.08. The van der Waals surface area contributed by atoms with Gasteiger partial charge in [-0.1, -0.05) is 13.8 Å². The van der Waals surface area contributed by atoms with Gasteiger partial charge in [0.05, 0.1) is 11.0 Å². The van der Waals surface area contributed by atoms with Crippen LogP contribution in [0.4, 0.5) is 11.5 Å². The van der Waals surface area contributed by atoms with Crippen molar-refractivity contribution in [3.63, 3.8) is 0 Å². The topological polar surface area (TPSA) is 98.8 Å². The summed E-state index contributed by atoms with van der Waals surface area (Å²) in [5, 5.41) is 23.0. The Morgan fingerprint density at radius 3 is 2.87 bits per heavy atom. The molecule has 8 nitrogen and oxygen atoms in total. The first kappa shape index (κ1) is 15.4. The van der Waals surface area contributed by atoms with Crippen LogP contribution < -0.4 is 5.32 Å². The van der Waals surface area contributed by atoms with Crippen LogP contribution in [0.2, 0.25) is 0 Å². The molecule has 3 rings (SSSR count). The fourth-order valence-electron chi connectivity index (χ4n) is 2.88. The summed E-state index contributed by atoms with van der Waals surface area (Å²) in [7, 11) is 0. The molecule has 1 atom stereocenters. The largest absolute Gasteiger partial charge is 0.354 e. The molecule has 1 aliphatic heterocycles. The average molecular weight is 316 g/mol. The molecule has 0 saturated carbocycles. The number of aryl methyl sites for hydroxylation is 2. The molecule has 0 saturated heterocycles. The lowest BCUT2D eigenvalue weighted by Gasteiger charge is -2.22. The van der Waals surface area contributed by atoms with Crippen molar-refractivity contribution in [2.75, 3.05) is 5.32 Å². The summed E-state index contributed by atoms with van der Waals surface area (Å²) in [6, 6.07) is 1.35. The van der Waals surface area contributed by atoms with Gasteiger partial charge in [-0.15, -0.1) is 10.2 Å².